The first-order valence-corrected chi connectivity index (χ1v) is 7.71. The van der Waals surface area contributed by atoms with Crippen molar-refractivity contribution in [3.05, 3.63) is 59.7 Å². The van der Waals surface area contributed by atoms with Crippen molar-refractivity contribution in [2.75, 3.05) is 14.2 Å². The van der Waals surface area contributed by atoms with E-state index in [-0.39, 0.29) is 29.6 Å². The zero-order valence-corrected chi connectivity index (χ0v) is 12.3. The van der Waals surface area contributed by atoms with Gasteiger partial charge in [-0.25, -0.2) is 0 Å². The molecule has 0 amide bonds. The molecule has 0 saturated heterocycles. The molecule has 0 N–H and O–H groups in total. The van der Waals surface area contributed by atoms with Gasteiger partial charge in [0.05, 0.1) is 14.2 Å². The number of hydrogen-bond donors (Lipinski definition) is 0. The summed E-state index contributed by atoms with van der Waals surface area (Å²) in [6, 6.07) is 16.4. The van der Waals surface area contributed by atoms with Crippen molar-refractivity contribution in [1.29, 1.82) is 0 Å². The van der Waals surface area contributed by atoms with Gasteiger partial charge in [-0.05, 0) is 35.6 Å². The molecule has 4 heteroatoms. The molecule has 2 nitrogen and oxygen atoms in total. The average molecular weight is 298 g/mol. The summed E-state index contributed by atoms with van der Waals surface area (Å²) in [4.78, 5) is 0. The molecule has 0 heterocycles. The summed E-state index contributed by atoms with van der Waals surface area (Å²) < 4.78 is 10.7. The average Bonchev–Trinajstić information content (AvgIpc) is 2.48. The number of para-hydroxylation sites is 2. The summed E-state index contributed by atoms with van der Waals surface area (Å²) >= 11 is 0. The van der Waals surface area contributed by atoms with E-state index in [1.807, 2.05) is 24.3 Å². The van der Waals surface area contributed by atoms with Crippen LogP contribution < -0.4 is 9.47 Å². The van der Waals surface area contributed by atoms with Gasteiger partial charge in [0.15, 0.2) is 0 Å². The summed E-state index contributed by atoms with van der Waals surface area (Å²) in [6.07, 6.45) is 2.09. The Morgan fingerprint density at radius 2 is 1.15 bits per heavy atom. The molecular weight excluding hydrogens is 278 g/mol. The fraction of sp³-hybridized carbons (Fsp3) is 0.250. The molecule has 0 aromatic heterocycles. The molecule has 0 aliphatic rings. The second-order valence-electron chi connectivity index (χ2n) is 4.23. The molecule has 0 saturated carbocycles. The van der Waals surface area contributed by atoms with Crippen LogP contribution >= 0.6 is 8.58 Å². The van der Waals surface area contributed by atoms with E-state index in [1.54, 1.807) is 14.2 Å². The van der Waals surface area contributed by atoms with Crippen molar-refractivity contribution in [2.45, 2.75) is 12.3 Å². The SMILES string of the molecule is COc1ccccc1CPCc1ccccc1OC.[NaH]. The first kappa shape index (κ1) is 17.5. The Morgan fingerprint density at radius 3 is 1.55 bits per heavy atom. The third kappa shape index (κ3) is 4.79. The van der Waals surface area contributed by atoms with Crippen molar-refractivity contribution >= 4 is 38.1 Å². The van der Waals surface area contributed by atoms with Crippen molar-refractivity contribution in [2.24, 2.45) is 0 Å². The quantitative estimate of drug-likeness (QED) is 0.601. The van der Waals surface area contributed by atoms with Crippen LogP contribution in [0.25, 0.3) is 0 Å². The summed E-state index contributed by atoms with van der Waals surface area (Å²) in [5, 5.41) is 0. The molecule has 20 heavy (non-hydrogen) atoms. The number of ether oxygens (including phenoxy) is 2. The second kappa shape index (κ2) is 9.41. The molecule has 0 fully saturated rings. The molecule has 0 atom stereocenters. The second-order valence-corrected chi connectivity index (χ2v) is 5.43. The van der Waals surface area contributed by atoms with Gasteiger partial charge in [0.25, 0.3) is 0 Å². The molecule has 102 valence electrons. The Labute approximate surface area is 145 Å². The third-order valence-corrected chi connectivity index (χ3v) is 4.28. The minimum atomic E-state index is 0. The van der Waals surface area contributed by atoms with E-state index in [4.69, 9.17) is 9.47 Å². The Kier molecular flexibility index (Phi) is 8.25. The predicted molar refractivity (Wildman–Crippen MR) is 88.9 cm³/mol. The maximum absolute atomic E-state index is 5.37. The van der Waals surface area contributed by atoms with Crippen LogP contribution in [0.15, 0.2) is 48.5 Å². The van der Waals surface area contributed by atoms with Gasteiger partial charge in [0, 0.05) is 0 Å². The number of methoxy groups -OCH3 is 2. The summed E-state index contributed by atoms with van der Waals surface area (Å²) in [7, 11) is 4.27. The van der Waals surface area contributed by atoms with Crippen LogP contribution in [-0.4, -0.2) is 43.8 Å². The first-order valence-electron chi connectivity index (χ1n) is 6.29. The van der Waals surface area contributed by atoms with Gasteiger partial charge in [-0.2, -0.15) is 0 Å². The molecule has 0 unspecified atom stereocenters. The Hall–Kier alpha value is -0.530. The van der Waals surface area contributed by atoms with Crippen molar-refractivity contribution in [1.82, 2.24) is 0 Å². The van der Waals surface area contributed by atoms with Crippen LogP contribution in [0.5, 0.6) is 11.5 Å². The number of hydrogen-bond acceptors (Lipinski definition) is 2. The van der Waals surface area contributed by atoms with Crippen LogP contribution in [0, 0.1) is 0 Å². The maximum atomic E-state index is 5.37. The number of rotatable bonds is 6. The van der Waals surface area contributed by atoms with Crippen molar-refractivity contribution in [3.63, 3.8) is 0 Å². The molecule has 0 aliphatic carbocycles. The van der Waals surface area contributed by atoms with Crippen molar-refractivity contribution < 1.29 is 9.47 Å². The Bertz CT molecular complexity index is 484. The Balaban J connectivity index is 0.00000200. The van der Waals surface area contributed by atoms with E-state index in [0.29, 0.717) is 0 Å². The van der Waals surface area contributed by atoms with E-state index in [2.05, 4.69) is 24.3 Å². The molecule has 0 spiro atoms. The van der Waals surface area contributed by atoms with Gasteiger partial charge in [-0.3, -0.25) is 0 Å². The number of benzene rings is 2. The summed E-state index contributed by atoms with van der Waals surface area (Å²) in [5.41, 5.74) is 2.55. The van der Waals surface area contributed by atoms with E-state index in [1.165, 1.54) is 11.1 Å². The van der Waals surface area contributed by atoms with Crippen LogP contribution in [0.2, 0.25) is 0 Å². The zero-order chi connectivity index (χ0) is 13.5. The Morgan fingerprint density at radius 1 is 0.750 bits per heavy atom. The van der Waals surface area contributed by atoms with Gasteiger partial charge >= 0.3 is 29.6 Å². The van der Waals surface area contributed by atoms with Gasteiger partial charge in [-0.1, -0.05) is 36.4 Å². The van der Waals surface area contributed by atoms with Gasteiger partial charge in [0.1, 0.15) is 11.5 Å². The normalized spacial score (nSPS) is 9.70. The fourth-order valence-electron chi connectivity index (χ4n) is 2.03. The van der Waals surface area contributed by atoms with Crippen LogP contribution in [0.3, 0.4) is 0 Å². The first-order chi connectivity index (χ1) is 9.35. The topological polar surface area (TPSA) is 18.5 Å². The monoisotopic (exact) mass is 298 g/mol. The minimum absolute atomic E-state index is 0. The third-order valence-electron chi connectivity index (χ3n) is 3.02. The summed E-state index contributed by atoms with van der Waals surface area (Å²) in [5.74, 6) is 1.96. The van der Waals surface area contributed by atoms with E-state index >= 15 is 0 Å². The van der Waals surface area contributed by atoms with Crippen LogP contribution in [-0.2, 0) is 12.3 Å². The van der Waals surface area contributed by atoms with Gasteiger partial charge < -0.3 is 9.47 Å². The van der Waals surface area contributed by atoms with Crippen molar-refractivity contribution in [3.8, 4) is 11.5 Å². The van der Waals surface area contributed by atoms with E-state index in [0.717, 1.165) is 32.4 Å². The standard InChI is InChI=1S/C16H19O2P.Na.H/c1-17-15-9-5-3-7-13(15)11-19-12-14-8-4-6-10-16(14)18-2;;/h3-10,19H,11-12H2,1-2H3;;. The molecule has 2 aromatic carbocycles. The van der Waals surface area contributed by atoms with Crippen LogP contribution in [0.4, 0.5) is 0 Å². The van der Waals surface area contributed by atoms with Crippen LogP contribution in [0.1, 0.15) is 11.1 Å². The summed E-state index contributed by atoms with van der Waals surface area (Å²) in [6.45, 7) is 0. The molecule has 0 aliphatic heterocycles. The molecule has 2 rings (SSSR count). The molecular formula is C16H20NaO2P. The molecule has 0 bridgehead atoms. The molecule has 2 aromatic rings. The van der Waals surface area contributed by atoms with E-state index in [9.17, 15) is 0 Å². The fourth-order valence-corrected chi connectivity index (χ4v) is 3.28. The zero-order valence-electron chi connectivity index (χ0n) is 11.3. The van der Waals surface area contributed by atoms with E-state index < -0.39 is 0 Å². The molecule has 0 radical (unpaired) electrons. The van der Waals surface area contributed by atoms with Gasteiger partial charge in [-0.15, -0.1) is 8.58 Å². The predicted octanol–water partition coefficient (Wildman–Crippen LogP) is 3.43. The van der Waals surface area contributed by atoms with Gasteiger partial charge in [0.2, 0.25) is 0 Å².